The van der Waals surface area contributed by atoms with Gasteiger partial charge in [0.2, 0.25) is 5.91 Å². The molecule has 0 spiro atoms. The molecule has 1 aliphatic carbocycles. The molecule has 2 heterocycles. The van der Waals surface area contributed by atoms with Crippen LogP contribution in [-0.2, 0) is 4.79 Å². The Hall–Kier alpha value is -2.89. The maximum absolute atomic E-state index is 13.1. The zero-order valence-electron chi connectivity index (χ0n) is 15.5. The van der Waals surface area contributed by atoms with Crippen molar-refractivity contribution in [3.05, 3.63) is 70.4 Å². The lowest BCUT2D eigenvalue weighted by Gasteiger charge is -2.32. The van der Waals surface area contributed by atoms with E-state index in [1.807, 2.05) is 33.7 Å². The van der Waals surface area contributed by atoms with Crippen LogP contribution in [0.3, 0.4) is 0 Å². The van der Waals surface area contributed by atoms with Gasteiger partial charge in [-0.3, -0.25) is 9.36 Å². The van der Waals surface area contributed by atoms with Crippen LogP contribution in [0.15, 0.2) is 53.3 Å². The summed E-state index contributed by atoms with van der Waals surface area (Å²) in [6.07, 6.45) is 2.40. The first-order valence-corrected chi connectivity index (χ1v) is 9.85. The Morgan fingerprint density at radius 2 is 1.75 bits per heavy atom. The number of rotatable bonds is 3. The normalized spacial score (nSPS) is 22.5. The molecular formula is C22H22FN3O2. The van der Waals surface area contributed by atoms with Crippen molar-refractivity contribution in [3.63, 3.8) is 0 Å². The van der Waals surface area contributed by atoms with E-state index in [4.69, 9.17) is 0 Å². The molecule has 28 heavy (non-hydrogen) atoms. The summed E-state index contributed by atoms with van der Waals surface area (Å²) in [7, 11) is 0. The summed E-state index contributed by atoms with van der Waals surface area (Å²) in [6, 6.07) is 14.3. The molecule has 5 rings (SSSR count). The first-order chi connectivity index (χ1) is 13.6. The molecule has 5 nitrogen and oxygen atoms in total. The third-order valence-electron chi connectivity index (χ3n) is 6.17. The molecule has 2 atom stereocenters. The minimum absolute atomic E-state index is 0.0119. The number of hydrogen-bond acceptors (Lipinski definition) is 2. The van der Waals surface area contributed by atoms with Crippen LogP contribution >= 0.6 is 0 Å². The van der Waals surface area contributed by atoms with Crippen molar-refractivity contribution in [1.29, 1.82) is 0 Å². The summed E-state index contributed by atoms with van der Waals surface area (Å²) in [5, 5.41) is 0. The molecular weight excluding hydrogens is 357 g/mol. The molecule has 1 aliphatic heterocycles. The van der Waals surface area contributed by atoms with Gasteiger partial charge in [-0.1, -0.05) is 24.3 Å². The molecule has 6 heteroatoms. The van der Waals surface area contributed by atoms with E-state index in [2.05, 4.69) is 4.98 Å². The SMILES string of the molecule is O=C([C@H]1C[C@@H]1c1ccc(F)cc1)N1CCC(n2c(=O)[nH]c3ccccc32)CC1. The molecule has 0 radical (unpaired) electrons. The fourth-order valence-corrected chi connectivity index (χ4v) is 4.56. The van der Waals surface area contributed by atoms with Gasteiger partial charge >= 0.3 is 5.69 Å². The van der Waals surface area contributed by atoms with Crippen LogP contribution in [0, 0.1) is 11.7 Å². The van der Waals surface area contributed by atoms with Crippen LogP contribution in [-0.4, -0.2) is 33.4 Å². The number of nitrogens with one attached hydrogen (secondary N) is 1. The molecule has 1 amide bonds. The standard InChI is InChI=1S/C22H22FN3O2/c23-15-7-5-14(6-8-15)17-13-18(17)21(27)25-11-9-16(10-12-25)26-20-4-2-1-3-19(20)24-22(26)28/h1-8,16-18H,9-13H2,(H,24,28)/t17-,18+/m1/s1. The fourth-order valence-electron chi connectivity index (χ4n) is 4.56. The van der Waals surface area contributed by atoms with Crippen molar-refractivity contribution in [2.24, 2.45) is 5.92 Å². The summed E-state index contributed by atoms with van der Waals surface area (Å²) < 4.78 is 14.9. The lowest BCUT2D eigenvalue weighted by atomic mass is 10.0. The summed E-state index contributed by atoms with van der Waals surface area (Å²) in [6.45, 7) is 1.34. The molecule has 1 saturated carbocycles. The highest BCUT2D eigenvalue weighted by molar-refractivity contribution is 5.83. The van der Waals surface area contributed by atoms with Gasteiger partial charge in [0.1, 0.15) is 5.82 Å². The number of likely N-dealkylation sites (tertiary alicyclic amines) is 1. The average Bonchev–Trinajstić information content (AvgIpc) is 3.44. The molecule has 0 bridgehead atoms. The van der Waals surface area contributed by atoms with Gasteiger partial charge in [0.25, 0.3) is 0 Å². The third-order valence-corrected chi connectivity index (χ3v) is 6.17. The first-order valence-electron chi connectivity index (χ1n) is 9.85. The van der Waals surface area contributed by atoms with Crippen LogP contribution in [0.25, 0.3) is 11.0 Å². The van der Waals surface area contributed by atoms with Crippen molar-refractivity contribution in [2.75, 3.05) is 13.1 Å². The van der Waals surface area contributed by atoms with Crippen molar-refractivity contribution in [1.82, 2.24) is 14.5 Å². The van der Waals surface area contributed by atoms with Crippen molar-refractivity contribution in [2.45, 2.75) is 31.2 Å². The smallest absolute Gasteiger partial charge is 0.326 e. The number of imidazole rings is 1. The largest absolute Gasteiger partial charge is 0.342 e. The Labute approximate surface area is 161 Å². The maximum atomic E-state index is 13.1. The van der Waals surface area contributed by atoms with E-state index in [0.29, 0.717) is 13.1 Å². The Bertz CT molecular complexity index is 1080. The van der Waals surface area contributed by atoms with E-state index in [-0.39, 0.29) is 35.3 Å². The van der Waals surface area contributed by atoms with Crippen molar-refractivity contribution in [3.8, 4) is 0 Å². The molecule has 1 aromatic heterocycles. The minimum atomic E-state index is -0.248. The molecule has 2 fully saturated rings. The molecule has 2 aliphatic rings. The zero-order chi connectivity index (χ0) is 19.3. The van der Waals surface area contributed by atoms with Gasteiger partial charge in [0.15, 0.2) is 0 Å². The van der Waals surface area contributed by atoms with Crippen molar-refractivity contribution >= 4 is 16.9 Å². The predicted molar refractivity (Wildman–Crippen MR) is 105 cm³/mol. The number of hydrogen-bond donors (Lipinski definition) is 1. The third kappa shape index (κ3) is 2.93. The van der Waals surface area contributed by atoms with Crippen LogP contribution in [0.4, 0.5) is 4.39 Å². The topological polar surface area (TPSA) is 58.1 Å². The number of amides is 1. The average molecular weight is 379 g/mol. The fraction of sp³-hybridized carbons (Fsp3) is 0.364. The number of piperidine rings is 1. The molecule has 3 aromatic rings. The molecule has 144 valence electrons. The van der Waals surface area contributed by atoms with Crippen LogP contribution in [0.2, 0.25) is 0 Å². The summed E-state index contributed by atoms with van der Waals surface area (Å²) in [4.78, 5) is 30.1. The second kappa shape index (κ2) is 6.62. The van der Waals surface area contributed by atoms with Crippen LogP contribution < -0.4 is 5.69 Å². The molecule has 2 aromatic carbocycles. The van der Waals surface area contributed by atoms with E-state index >= 15 is 0 Å². The highest BCUT2D eigenvalue weighted by Crippen LogP contribution is 2.48. The number of halogens is 1. The minimum Gasteiger partial charge on any atom is -0.342 e. The summed E-state index contributed by atoms with van der Waals surface area (Å²) in [5.41, 5.74) is 2.74. The Morgan fingerprint density at radius 3 is 2.50 bits per heavy atom. The van der Waals surface area contributed by atoms with E-state index in [0.717, 1.165) is 35.9 Å². The van der Waals surface area contributed by atoms with Gasteiger partial charge in [-0.2, -0.15) is 0 Å². The number of para-hydroxylation sites is 2. The van der Waals surface area contributed by atoms with E-state index in [1.165, 1.54) is 12.1 Å². The Kier molecular flexibility index (Phi) is 4.07. The Morgan fingerprint density at radius 1 is 1.04 bits per heavy atom. The molecule has 1 saturated heterocycles. The first kappa shape index (κ1) is 17.2. The van der Waals surface area contributed by atoms with Gasteiger partial charge in [-0.25, -0.2) is 9.18 Å². The second-order valence-electron chi connectivity index (χ2n) is 7.87. The van der Waals surface area contributed by atoms with Gasteiger partial charge in [0.05, 0.1) is 11.0 Å². The number of H-pyrrole nitrogens is 1. The maximum Gasteiger partial charge on any atom is 0.326 e. The molecule has 1 N–H and O–H groups in total. The van der Waals surface area contributed by atoms with E-state index < -0.39 is 0 Å². The Balaban J connectivity index is 1.25. The van der Waals surface area contributed by atoms with E-state index in [9.17, 15) is 14.0 Å². The highest BCUT2D eigenvalue weighted by atomic mass is 19.1. The lowest BCUT2D eigenvalue weighted by molar-refractivity contribution is -0.134. The lowest BCUT2D eigenvalue weighted by Crippen LogP contribution is -2.41. The van der Waals surface area contributed by atoms with Crippen LogP contribution in [0.5, 0.6) is 0 Å². The molecule has 0 unspecified atom stereocenters. The number of benzene rings is 2. The quantitative estimate of drug-likeness (QED) is 0.758. The number of carbonyl (C=O) groups excluding carboxylic acids is 1. The number of nitrogens with zero attached hydrogens (tertiary/aromatic N) is 2. The van der Waals surface area contributed by atoms with Gasteiger partial charge < -0.3 is 9.88 Å². The zero-order valence-corrected chi connectivity index (χ0v) is 15.5. The summed E-state index contributed by atoms with van der Waals surface area (Å²) >= 11 is 0. The van der Waals surface area contributed by atoms with Gasteiger partial charge in [0, 0.05) is 25.0 Å². The number of fused-ring (bicyclic) bond motifs is 1. The number of carbonyl (C=O) groups is 1. The monoisotopic (exact) mass is 379 g/mol. The van der Waals surface area contributed by atoms with Crippen molar-refractivity contribution < 1.29 is 9.18 Å². The summed E-state index contributed by atoms with van der Waals surface area (Å²) in [5.74, 6) is 0.167. The van der Waals surface area contributed by atoms with Gasteiger partial charge in [-0.15, -0.1) is 0 Å². The van der Waals surface area contributed by atoms with E-state index in [1.54, 1.807) is 12.1 Å². The number of aromatic nitrogens is 2. The number of aromatic amines is 1. The highest BCUT2D eigenvalue weighted by Gasteiger charge is 2.46. The predicted octanol–water partition coefficient (Wildman–Crippen LogP) is 3.44. The van der Waals surface area contributed by atoms with Crippen LogP contribution in [0.1, 0.15) is 36.8 Å². The second-order valence-corrected chi connectivity index (χ2v) is 7.87. The van der Waals surface area contributed by atoms with Gasteiger partial charge in [-0.05, 0) is 55.0 Å².